The molecule has 0 fully saturated rings. The molecule has 1 aliphatic heterocycles. The Morgan fingerprint density at radius 3 is 2.77 bits per heavy atom. The van der Waals surface area contributed by atoms with Gasteiger partial charge in [-0.1, -0.05) is 24.3 Å². The molecule has 0 saturated carbocycles. The molecule has 2 aromatic carbocycles. The van der Waals surface area contributed by atoms with Gasteiger partial charge in [-0.15, -0.1) is 0 Å². The van der Waals surface area contributed by atoms with Crippen molar-refractivity contribution in [3.63, 3.8) is 0 Å². The summed E-state index contributed by atoms with van der Waals surface area (Å²) in [5.74, 6) is 0.598. The molecule has 0 unspecified atom stereocenters. The lowest BCUT2D eigenvalue weighted by Crippen LogP contribution is -2.42. The molecule has 2 aromatic rings. The van der Waals surface area contributed by atoms with Crippen LogP contribution in [0.3, 0.4) is 0 Å². The fraction of sp³-hybridized carbons (Fsp3) is 0.222. The summed E-state index contributed by atoms with van der Waals surface area (Å²) in [6, 6.07) is 13.1. The number of ether oxygens (including phenoxy) is 3. The lowest BCUT2D eigenvalue weighted by molar-refractivity contribution is -0.130. The summed E-state index contributed by atoms with van der Waals surface area (Å²) in [6.45, 7) is -1.21. The molecule has 136 valence electrons. The third kappa shape index (κ3) is 4.27. The van der Waals surface area contributed by atoms with Crippen molar-refractivity contribution in [3.8, 4) is 17.2 Å². The minimum Gasteiger partial charge on any atom is -0.485 e. The van der Waals surface area contributed by atoms with Crippen molar-refractivity contribution < 1.29 is 27.8 Å². The van der Waals surface area contributed by atoms with Gasteiger partial charge in [0.25, 0.3) is 5.91 Å². The largest absolute Gasteiger partial charge is 0.485 e. The molecule has 1 aliphatic rings. The number of hydrazone groups is 1. The highest BCUT2D eigenvalue weighted by Gasteiger charge is 2.27. The maximum absolute atomic E-state index is 12.3. The third-order valence-corrected chi connectivity index (χ3v) is 3.61. The number of hydrogen-bond acceptors (Lipinski definition) is 5. The molecule has 26 heavy (non-hydrogen) atoms. The minimum atomic E-state index is -2.91. The van der Waals surface area contributed by atoms with Gasteiger partial charge in [0.05, 0.1) is 5.71 Å². The van der Waals surface area contributed by atoms with Crippen LogP contribution in [0.25, 0.3) is 0 Å². The van der Waals surface area contributed by atoms with Crippen molar-refractivity contribution in [2.24, 2.45) is 5.10 Å². The van der Waals surface area contributed by atoms with Gasteiger partial charge >= 0.3 is 6.61 Å². The fourth-order valence-corrected chi connectivity index (χ4v) is 2.32. The van der Waals surface area contributed by atoms with E-state index >= 15 is 0 Å². The number of nitrogens with one attached hydrogen (secondary N) is 1. The molecule has 8 heteroatoms. The Balaban J connectivity index is 1.63. The molecule has 3 rings (SSSR count). The first-order chi connectivity index (χ1) is 12.5. The molecule has 0 saturated heterocycles. The van der Waals surface area contributed by atoms with Gasteiger partial charge in [0, 0.05) is 5.56 Å². The molecule has 1 N–H and O–H groups in total. The summed E-state index contributed by atoms with van der Waals surface area (Å²) in [5, 5.41) is 3.98. The van der Waals surface area contributed by atoms with E-state index in [0.717, 1.165) is 0 Å². The number of carbonyl (C=O) groups excluding carboxylic acids is 1. The zero-order valence-electron chi connectivity index (χ0n) is 13.8. The molecule has 1 atom stereocenters. The van der Waals surface area contributed by atoms with Crippen LogP contribution in [-0.4, -0.2) is 30.9 Å². The molecule has 1 amide bonds. The van der Waals surface area contributed by atoms with E-state index in [9.17, 15) is 13.6 Å². The van der Waals surface area contributed by atoms with E-state index in [-0.39, 0.29) is 12.4 Å². The lowest BCUT2D eigenvalue weighted by atomic mass is 10.1. The second-order valence-electron chi connectivity index (χ2n) is 5.44. The second-order valence-corrected chi connectivity index (χ2v) is 5.44. The van der Waals surface area contributed by atoms with Crippen molar-refractivity contribution in [1.29, 1.82) is 0 Å². The predicted molar refractivity (Wildman–Crippen MR) is 89.8 cm³/mol. The summed E-state index contributed by atoms with van der Waals surface area (Å²) in [4.78, 5) is 12.2. The summed E-state index contributed by atoms with van der Waals surface area (Å²) in [7, 11) is 0. The first kappa shape index (κ1) is 17.7. The van der Waals surface area contributed by atoms with E-state index in [0.29, 0.717) is 22.8 Å². The average Bonchev–Trinajstić information content (AvgIpc) is 2.65. The maximum atomic E-state index is 12.3. The van der Waals surface area contributed by atoms with Crippen LogP contribution in [0.5, 0.6) is 17.2 Å². The van der Waals surface area contributed by atoms with Crippen LogP contribution >= 0.6 is 0 Å². The van der Waals surface area contributed by atoms with Crippen LogP contribution in [0.1, 0.15) is 12.5 Å². The fourth-order valence-electron chi connectivity index (χ4n) is 2.32. The Morgan fingerprint density at radius 1 is 1.23 bits per heavy atom. The minimum absolute atomic E-state index is 0.0130. The van der Waals surface area contributed by atoms with Crippen LogP contribution in [0.2, 0.25) is 0 Å². The van der Waals surface area contributed by atoms with Gasteiger partial charge in [0.1, 0.15) is 12.4 Å². The zero-order chi connectivity index (χ0) is 18.5. The highest BCUT2D eigenvalue weighted by atomic mass is 19.3. The molecule has 1 heterocycles. The SMILES string of the molecule is C/C(=N/NC(=O)[C@@H]1COc2ccccc2O1)c1cccc(OC(F)F)c1. The van der Waals surface area contributed by atoms with E-state index in [1.54, 1.807) is 37.3 Å². The number of halogens is 2. The number of rotatable bonds is 5. The Bertz CT molecular complexity index is 826. The van der Waals surface area contributed by atoms with Crippen molar-refractivity contribution in [2.75, 3.05) is 6.61 Å². The number of carbonyl (C=O) groups is 1. The monoisotopic (exact) mass is 362 g/mol. The smallest absolute Gasteiger partial charge is 0.387 e. The first-order valence-electron chi connectivity index (χ1n) is 7.81. The summed E-state index contributed by atoms with van der Waals surface area (Å²) >= 11 is 0. The number of hydrogen-bond donors (Lipinski definition) is 1. The summed E-state index contributed by atoms with van der Waals surface area (Å²) < 4.78 is 40.0. The van der Waals surface area contributed by atoms with Gasteiger partial charge in [0.2, 0.25) is 6.10 Å². The third-order valence-electron chi connectivity index (χ3n) is 3.61. The maximum Gasteiger partial charge on any atom is 0.387 e. The standard InChI is InChI=1S/C18H16F2N2O4/c1-11(12-5-4-6-13(9-12)25-18(19)20)21-22-17(23)16-10-24-14-7-2-3-8-15(14)26-16/h2-9,16,18H,10H2,1H3,(H,22,23)/b21-11-/t16-/m0/s1. The molecule has 0 radical (unpaired) electrons. The van der Waals surface area contributed by atoms with E-state index < -0.39 is 18.6 Å². The molecule has 6 nitrogen and oxygen atoms in total. The number of amides is 1. The lowest BCUT2D eigenvalue weighted by Gasteiger charge is -2.24. The number of benzene rings is 2. The van der Waals surface area contributed by atoms with Gasteiger partial charge in [-0.2, -0.15) is 13.9 Å². The highest BCUT2D eigenvalue weighted by molar-refractivity contribution is 5.99. The van der Waals surface area contributed by atoms with Gasteiger partial charge in [-0.25, -0.2) is 5.43 Å². The van der Waals surface area contributed by atoms with E-state index in [1.165, 1.54) is 12.1 Å². The van der Waals surface area contributed by atoms with Gasteiger partial charge in [0.15, 0.2) is 11.5 Å². The Labute approximate surface area is 148 Å². The highest BCUT2D eigenvalue weighted by Crippen LogP contribution is 2.30. The van der Waals surface area contributed by atoms with Crippen molar-refractivity contribution in [1.82, 2.24) is 5.43 Å². The van der Waals surface area contributed by atoms with Crippen LogP contribution in [-0.2, 0) is 4.79 Å². The van der Waals surface area contributed by atoms with Crippen molar-refractivity contribution in [2.45, 2.75) is 19.6 Å². The summed E-state index contributed by atoms with van der Waals surface area (Å²) in [5.41, 5.74) is 3.36. The van der Waals surface area contributed by atoms with Crippen molar-refractivity contribution in [3.05, 3.63) is 54.1 Å². The van der Waals surface area contributed by atoms with Crippen LogP contribution in [0.15, 0.2) is 53.6 Å². The molecular formula is C18H16F2N2O4. The molecule has 0 aliphatic carbocycles. The van der Waals surface area contributed by atoms with Gasteiger partial charge in [-0.05, 0) is 31.2 Å². The Hall–Kier alpha value is -3.16. The van der Waals surface area contributed by atoms with Gasteiger partial charge < -0.3 is 14.2 Å². The Kier molecular flexibility index (Phi) is 5.31. The molecular weight excluding hydrogens is 346 g/mol. The van der Waals surface area contributed by atoms with Crippen LogP contribution in [0, 0.1) is 0 Å². The van der Waals surface area contributed by atoms with Gasteiger partial charge in [-0.3, -0.25) is 4.79 Å². The van der Waals surface area contributed by atoms with E-state index in [1.807, 2.05) is 6.07 Å². The van der Waals surface area contributed by atoms with Crippen LogP contribution in [0.4, 0.5) is 8.78 Å². The first-order valence-corrected chi connectivity index (χ1v) is 7.81. The van der Waals surface area contributed by atoms with Crippen molar-refractivity contribution >= 4 is 11.6 Å². The topological polar surface area (TPSA) is 69.2 Å². The number of para-hydroxylation sites is 2. The molecule has 0 aromatic heterocycles. The number of alkyl halides is 2. The molecule has 0 bridgehead atoms. The quantitative estimate of drug-likeness (QED) is 0.656. The predicted octanol–water partition coefficient (Wildman–Crippen LogP) is 2.97. The number of fused-ring (bicyclic) bond motifs is 1. The van der Waals surface area contributed by atoms with E-state index in [4.69, 9.17) is 9.47 Å². The summed E-state index contributed by atoms with van der Waals surface area (Å²) in [6.07, 6.45) is -0.838. The Morgan fingerprint density at radius 2 is 2.00 bits per heavy atom. The number of nitrogens with zero attached hydrogens (tertiary/aromatic N) is 1. The van der Waals surface area contributed by atoms with Crippen LogP contribution < -0.4 is 19.6 Å². The molecule has 0 spiro atoms. The van der Waals surface area contributed by atoms with E-state index in [2.05, 4.69) is 15.3 Å². The average molecular weight is 362 g/mol. The second kappa shape index (κ2) is 7.81. The normalized spacial score (nSPS) is 16.3. The zero-order valence-corrected chi connectivity index (χ0v) is 13.8.